The Hall–Kier alpha value is -2.37. The molecule has 0 aromatic heterocycles. The molecule has 2 unspecified atom stereocenters. The van der Waals surface area contributed by atoms with E-state index in [1.807, 2.05) is 42.5 Å². The van der Waals surface area contributed by atoms with Crippen LogP contribution in [0.3, 0.4) is 0 Å². The smallest absolute Gasteiger partial charge is 0.129 e. The van der Waals surface area contributed by atoms with Crippen LogP contribution in [0.5, 0.6) is 0 Å². The van der Waals surface area contributed by atoms with E-state index in [9.17, 15) is 4.57 Å². The monoisotopic (exact) mass is 381 g/mol. The van der Waals surface area contributed by atoms with E-state index < -0.39 is 7.14 Å². The molecule has 28 heavy (non-hydrogen) atoms. The van der Waals surface area contributed by atoms with Gasteiger partial charge in [-0.1, -0.05) is 97.9 Å². The molecule has 2 heteroatoms. The maximum atomic E-state index is 14.7. The topological polar surface area (TPSA) is 17.1 Å². The number of benzene rings is 3. The fourth-order valence-electron chi connectivity index (χ4n) is 4.95. The molecule has 0 spiro atoms. The normalized spacial score (nSPS) is 27.5. The molecule has 2 aliphatic rings. The number of allylic oxidation sites excluding steroid dienone is 1. The van der Waals surface area contributed by atoms with Crippen molar-refractivity contribution in [1.82, 2.24) is 0 Å². The summed E-state index contributed by atoms with van der Waals surface area (Å²) >= 11 is 0. The molecular weight excluding hydrogens is 359 g/mol. The lowest BCUT2D eigenvalue weighted by Crippen LogP contribution is -2.26. The standard InChI is InChI=1S/C26H22OP/c1-19-24(21-14-8-4-9-15-21)28(27)18-26(19,2)23(20-12-6-3-7-13-20)25(28)22-16-10-5-11-17-22/h3-17H,1,18H2,2H3. The Labute approximate surface area is 167 Å². The van der Waals surface area contributed by atoms with Crippen LogP contribution in [0, 0.1) is 23.9 Å². The average Bonchev–Trinajstić information content (AvgIpc) is 3.10. The fourth-order valence-corrected chi connectivity index (χ4v) is 9.28. The van der Waals surface area contributed by atoms with Crippen LogP contribution in [0.25, 0.3) is 10.9 Å². The SMILES string of the molecule is [CH2][C]1[C](c2ccccc2)P2(=O)CC1(C)C(c1ccccc1)=C2c1ccccc1. The average molecular weight is 381 g/mol. The maximum Gasteiger partial charge on any atom is 0.129 e. The van der Waals surface area contributed by atoms with Crippen molar-refractivity contribution in [2.45, 2.75) is 6.92 Å². The molecule has 2 atom stereocenters. The maximum absolute atomic E-state index is 14.7. The Kier molecular flexibility index (Phi) is 4.00. The van der Waals surface area contributed by atoms with Crippen LogP contribution in [0.2, 0.25) is 0 Å². The lowest BCUT2D eigenvalue weighted by molar-refractivity contribution is 0.571. The van der Waals surface area contributed by atoms with Crippen LogP contribution < -0.4 is 0 Å². The zero-order valence-electron chi connectivity index (χ0n) is 15.9. The van der Waals surface area contributed by atoms with Gasteiger partial charge in [-0.15, -0.1) is 0 Å². The highest BCUT2D eigenvalue weighted by Gasteiger charge is 2.65. The third kappa shape index (κ3) is 2.36. The fraction of sp³-hybridized carbons (Fsp3) is 0.115. The minimum absolute atomic E-state index is 0.312. The van der Waals surface area contributed by atoms with Gasteiger partial charge in [0, 0.05) is 22.8 Å². The molecule has 3 aromatic carbocycles. The molecule has 0 N–H and O–H groups in total. The highest BCUT2D eigenvalue weighted by molar-refractivity contribution is 7.79. The Bertz CT molecular complexity index is 1090. The van der Waals surface area contributed by atoms with Crippen molar-refractivity contribution in [3.8, 4) is 0 Å². The van der Waals surface area contributed by atoms with Gasteiger partial charge in [0.15, 0.2) is 0 Å². The number of rotatable bonds is 3. The van der Waals surface area contributed by atoms with Gasteiger partial charge in [-0.3, -0.25) is 0 Å². The summed E-state index contributed by atoms with van der Waals surface area (Å²) in [6, 6.07) is 30.8. The summed E-state index contributed by atoms with van der Waals surface area (Å²) in [6.07, 6.45) is 0.636. The highest BCUT2D eigenvalue weighted by atomic mass is 31.2. The van der Waals surface area contributed by atoms with E-state index in [0.29, 0.717) is 6.16 Å². The lowest BCUT2D eigenvalue weighted by Gasteiger charge is -2.37. The summed E-state index contributed by atoms with van der Waals surface area (Å²) in [7, 11) is -2.79. The van der Waals surface area contributed by atoms with Crippen LogP contribution in [0.15, 0.2) is 91.0 Å². The summed E-state index contributed by atoms with van der Waals surface area (Å²) in [5.41, 5.74) is 5.10. The van der Waals surface area contributed by atoms with Crippen molar-refractivity contribution in [2.24, 2.45) is 5.41 Å². The van der Waals surface area contributed by atoms with Crippen LogP contribution in [0.4, 0.5) is 0 Å². The first-order valence-corrected chi connectivity index (χ1v) is 11.5. The summed E-state index contributed by atoms with van der Waals surface area (Å²) in [5.74, 6) is 1.01. The molecule has 5 rings (SSSR count). The van der Waals surface area contributed by atoms with E-state index in [4.69, 9.17) is 0 Å². The third-order valence-corrected chi connectivity index (χ3v) is 9.69. The zero-order chi connectivity index (χ0) is 19.4. The first kappa shape index (κ1) is 17.7. The van der Waals surface area contributed by atoms with Crippen molar-refractivity contribution in [1.29, 1.82) is 0 Å². The van der Waals surface area contributed by atoms with Gasteiger partial charge in [0.2, 0.25) is 0 Å². The van der Waals surface area contributed by atoms with E-state index in [-0.39, 0.29) is 5.41 Å². The van der Waals surface area contributed by atoms with Crippen LogP contribution in [0.1, 0.15) is 23.6 Å². The lowest BCUT2D eigenvalue weighted by atomic mass is 9.69. The molecule has 3 radical (unpaired) electrons. The van der Waals surface area contributed by atoms with Crippen molar-refractivity contribution in [3.05, 3.63) is 126 Å². The first-order valence-electron chi connectivity index (χ1n) is 9.64. The molecule has 137 valence electrons. The van der Waals surface area contributed by atoms with Crippen molar-refractivity contribution < 1.29 is 4.57 Å². The summed E-state index contributed by atoms with van der Waals surface area (Å²) in [4.78, 5) is 0. The van der Waals surface area contributed by atoms with E-state index in [2.05, 4.69) is 62.4 Å². The summed E-state index contributed by atoms with van der Waals surface area (Å²) in [5, 5.41) is 1.02. The van der Waals surface area contributed by atoms with Crippen molar-refractivity contribution in [3.63, 3.8) is 0 Å². The van der Waals surface area contributed by atoms with Crippen LogP contribution in [-0.2, 0) is 4.57 Å². The molecular formula is C26H22OP. The Balaban J connectivity index is 1.82. The van der Waals surface area contributed by atoms with E-state index in [1.165, 1.54) is 5.57 Å². The molecule has 2 heterocycles. The van der Waals surface area contributed by atoms with Gasteiger partial charge in [0.05, 0.1) is 5.66 Å². The van der Waals surface area contributed by atoms with Gasteiger partial charge in [-0.05, 0) is 29.2 Å². The van der Waals surface area contributed by atoms with Gasteiger partial charge in [0.25, 0.3) is 0 Å². The quantitative estimate of drug-likeness (QED) is 0.449. The van der Waals surface area contributed by atoms with Gasteiger partial charge in [0.1, 0.15) is 7.14 Å². The number of fused-ring (bicyclic) bond motifs is 2. The molecule has 3 aromatic rings. The van der Waals surface area contributed by atoms with Gasteiger partial charge >= 0.3 is 0 Å². The zero-order valence-corrected chi connectivity index (χ0v) is 16.8. The molecule has 0 amide bonds. The van der Waals surface area contributed by atoms with Gasteiger partial charge < -0.3 is 4.57 Å². The van der Waals surface area contributed by atoms with E-state index >= 15 is 0 Å². The van der Waals surface area contributed by atoms with Crippen LogP contribution in [-0.4, -0.2) is 6.16 Å². The van der Waals surface area contributed by atoms with E-state index in [0.717, 1.165) is 33.6 Å². The molecule has 1 saturated heterocycles. The van der Waals surface area contributed by atoms with Gasteiger partial charge in [-0.25, -0.2) is 0 Å². The predicted octanol–water partition coefficient (Wildman–Crippen LogP) is 6.94. The molecule has 1 nitrogen and oxygen atoms in total. The molecule has 1 fully saturated rings. The molecule has 2 aliphatic heterocycles. The molecule has 0 aliphatic carbocycles. The summed E-state index contributed by atoms with van der Waals surface area (Å²) < 4.78 is 14.7. The number of hydrogen-bond acceptors (Lipinski definition) is 1. The second kappa shape index (κ2) is 6.33. The first-order chi connectivity index (χ1) is 13.6. The third-order valence-electron chi connectivity index (χ3n) is 6.16. The Morgan fingerprint density at radius 1 is 0.750 bits per heavy atom. The second-order valence-electron chi connectivity index (χ2n) is 7.88. The van der Waals surface area contributed by atoms with Crippen LogP contribution >= 0.6 is 7.14 Å². The second-order valence-corrected chi connectivity index (χ2v) is 10.6. The molecule has 2 bridgehead atoms. The Morgan fingerprint density at radius 3 is 1.75 bits per heavy atom. The van der Waals surface area contributed by atoms with Crippen molar-refractivity contribution >= 4 is 18.0 Å². The van der Waals surface area contributed by atoms with Crippen molar-refractivity contribution in [2.75, 3.05) is 6.16 Å². The largest absolute Gasteiger partial charge is 0.318 e. The number of hydrogen-bond donors (Lipinski definition) is 0. The minimum atomic E-state index is -2.79. The van der Waals surface area contributed by atoms with Gasteiger partial charge in [-0.2, -0.15) is 0 Å². The highest BCUT2D eigenvalue weighted by Crippen LogP contribution is 2.87. The summed E-state index contributed by atoms with van der Waals surface area (Å²) in [6.45, 7) is 6.69. The Morgan fingerprint density at radius 2 is 1.21 bits per heavy atom. The van der Waals surface area contributed by atoms with E-state index in [1.54, 1.807) is 0 Å². The predicted molar refractivity (Wildman–Crippen MR) is 118 cm³/mol. The minimum Gasteiger partial charge on any atom is -0.318 e. The molecule has 0 saturated carbocycles.